The summed E-state index contributed by atoms with van der Waals surface area (Å²) >= 11 is 0. The van der Waals surface area contributed by atoms with Gasteiger partial charge in [-0.2, -0.15) is 0 Å². The Labute approximate surface area is 106 Å². The second-order valence-electron chi connectivity index (χ2n) is 5.30. The highest BCUT2D eigenvalue weighted by Gasteiger charge is 2.43. The minimum atomic E-state index is -0.869. The van der Waals surface area contributed by atoms with Gasteiger partial charge < -0.3 is 5.73 Å². The zero-order valence-corrected chi connectivity index (χ0v) is 11.5. The van der Waals surface area contributed by atoms with Crippen LogP contribution in [0.5, 0.6) is 0 Å². The van der Waals surface area contributed by atoms with E-state index in [1.807, 2.05) is 13.8 Å². The largest absolute Gasteiger partial charge is 0.330 e. The molecule has 0 radical (unpaired) electrons. The predicted octanol–water partition coefficient (Wildman–Crippen LogP) is 2.54. The Bertz CT molecular complexity index is 438. The van der Waals surface area contributed by atoms with Crippen LogP contribution < -0.4 is 5.73 Å². The fourth-order valence-corrected chi connectivity index (χ4v) is 4.15. The molecule has 0 amide bonds. The Morgan fingerprint density at radius 2 is 2.06 bits per heavy atom. The van der Waals surface area contributed by atoms with Crippen molar-refractivity contribution >= 4 is 10.8 Å². The fourth-order valence-electron chi connectivity index (χ4n) is 2.26. The molecule has 2 nitrogen and oxygen atoms in total. The molecule has 1 aromatic rings. The van der Waals surface area contributed by atoms with Crippen LogP contribution in [0.15, 0.2) is 23.1 Å². The summed E-state index contributed by atoms with van der Waals surface area (Å²) in [6.07, 6.45) is 3.41. The molecule has 0 bridgehead atoms. The number of benzene rings is 1. The fraction of sp³-hybridized carbons (Fsp3) is 0.571. The van der Waals surface area contributed by atoms with E-state index in [0.717, 1.165) is 22.6 Å². The van der Waals surface area contributed by atoms with Crippen LogP contribution in [-0.4, -0.2) is 16.5 Å². The van der Waals surface area contributed by atoms with Crippen molar-refractivity contribution < 1.29 is 4.21 Å². The molecule has 1 unspecified atom stereocenters. The van der Waals surface area contributed by atoms with Crippen molar-refractivity contribution in [2.24, 2.45) is 11.1 Å². The van der Waals surface area contributed by atoms with E-state index >= 15 is 0 Å². The van der Waals surface area contributed by atoms with Crippen LogP contribution in [0, 0.1) is 19.3 Å². The van der Waals surface area contributed by atoms with E-state index in [9.17, 15) is 4.21 Å². The minimum Gasteiger partial charge on any atom is -0.330 e. The molecule has 2 rings (SSSR count). The van der Waals surface area contributed by atoms with E-state index in [2.05, 4.69) is 18.2 Å². The molecule has 17 heavy (non-hydrogen) atoms. The van der Waals surface area contributed by atoms with Gasteiger partial charge in [0.15, 0.2) is 0 Å². The van der Waals surface area contributed by atoms with E-state index < -0.39 is 10.8 Å². The Morgan fingerprint density at radius 3 is 2.65 bits per heavy atom. The standard InChI is InChI=1S/C14H21NOS/c1-11-3-4-12(2)13(9-11)17(16)10-14(5-6-14)7-8-15/h3-4,9H,5-8,10,15H2,1-2H3. The van der Waals surface area contributed by atoms with Gasteiger partial charge in [0.05, 0.1) is 10.8 Å². The lowest BCUT2D eigenvalue weighted by molar-refractivity contribution is 0.529. The van der Waals surface area contributed by atoms with E-state index in [0.29, 0.717) is 6.54 Å². The molecule has 1 fully saturated rings. The molecule has 0 aliphatic heterocycles. The van der Waals surface area contributed by atoms with E-state index in [-0.39, 0.29) is 5.41 Å². The Morgan fingerprint density at radius 1 is 1.35 bits per heavy atom. The molecule has 1 aromatic carbocycles. The number of rotatable bonds is 5. The van der Waals surface area contributed by atoms with Crippen LogP contribution in [0.25, 0.3) is 0 Å². The highest BCUT2D eigenvalue weighted by Crippen LogP contribution is 2.49. The molecular formula is C14H21NOS. The Balaban J connectivity index is 2.12. The number of hydrogen-bond donors (Lipinski definition) is 1. The van der Waals surface area contributed by atoms with Gasteiger partial charge in [0.2, 0.25) is 0 Å². The van der Waals surface area contributed by atoms with Crippen molar-refractivity contribution in [3.63, 3.8) is 0 Å². The quantitative estimate of drug-likeness (QED) is 0.874. The molecular weight excluding hydrogens is 230 g/mol. The SMILES string of the molecule is Cc1ccc(C)c(S(=O)CC2(CCN)CC2)c1. The van der Waals surface area contributed by atoms with Crippen molar-refractivity contribution in [2.45, 2.75) is 38.0 Å². The van der Waals surface area contributed by atoms with Crippen molar-refractivity contribution in [3.05, 3.63) is 29.3 Å². The third-order valence-electron chi connectivity index (χ3n) is 3.66. The molecule has 1 aliphatic carbocycles. The summed E-state index contributed by atoms with van der Waals surface area (Å²) in [4.78, 5) is 1.01. The summed E-state index contributed by atoms with van der Waals surface area (Å²) < 4.78 is 12.4. The van der Waals surface area contributed by atoms with Crippen LogP contribution in [0.2, 0.25) is 0 Å². The molecule has 94 valence electrons. The maximum absolute atomic E-state index is 12.4. The first-order valence-corrected chi connectivity index (χ1v) is 7.54. The third kappa shape index (κ3) is 2.96. The smallest absolute Gasteiger partial charge is 0.0537 e. The van der Waals surface area contributed by atoms with Crippen molar-refractivity contribution in [3.8, 4) is 0 Å². The second-order valence-corrected chi connectivity index (χ2v) is 6.72. The minimum absolute atomic E-state index is 0.287. The van der Waals surface area contributed by atoms with Crippen LogP contribution in [0.3, 0.4) is 0 Å². The third-order valence-corrected chi connectivity index (χ3v) is 5.46. The van der Waals surface area contributed by atoms with Gasteiger partial charge in [0.25, 0.3) is 0 Å². The topological polar surface area (TPSA) is 43.1 Å². The Kier molecular flexibility index (Phi) is 3.69. The zero-order valence-electron chi connectivity index (χ0n) is 10.7. The summed E-state index contributed by atoms with van der Waals surface area (Å²) in [5.41, 5.74) is 8.23. The highest BCUT2D eigenvalue weighted by molar-refractivity contribution is 7.85. The van der Waals surface area contributed by atoms with Crippen molar-refractivity contribution in [1.29, 1.82) is 0 Å². The summed E-state index contributed by atoms with van der Waals surface area (Å²) in [7, 11) is -0.869. The maximum Gasteiger partial charge on any atom is 0.0537 e. The van der Waals surface area contributed by atoms with Crippen LogP contribution in [0.1, 0.15) is 30.4 Å². The Hall–Kier alpha value is -0.670. The molecule has 1 saturated carbocycles. The van der Waals surface area contributed by atoms with Gasteiger partial charge in [-0.15, -0.1) is 0 Å². The van der Waals surface area contributed by atoms with Gasteiger partial charge in [-0.05, 0) is 62.3 Å². The second kappa shape index (κ2) is 4.91. The lowest BCUT2D eigenvalue weighted by atomic mass is 10.1. The summed E-state index contributed by atoms with van der Waals surface area (Å²) in [5.74, 6) is 0.786. The number of aryl methyl sites for hydroxylation is 2. The van der Waals surface area contributed by atoms with Crippen molar-refractivity contribution in [2.75, 3.05) is 12.3 Å². The van der Waals surface area contributed by atoms with Gasteiger partial charge in [0.1, 0.15) is 0 Å². The number of hydrogen-bond acceptors (Lipinski definition) is 2. The average molecular weight is 251 g/mol. The van der Waals surface area contributed by atoms with Gasteiger partial charge in [-0.1, -0.05) is 12.1 Å². The van der Waals surface area contributed by atoms with E-state index in [1.54, 1.807) is 0 Å². The monoisotopic (exact) mass is 251 g/mol. The summed E-state index contributed by atoms with van der Waals surface area (Å²) in [6.45, 7) is 4.80. The first-order valence-electron chi connectivity index (χ1n) is 6.22. The van der Waals surface area contributed by atoms with Crippen LogP contribution in [0.4, 0.5) is 0 Å². The lowest BCUT2D eigenvalue weighted by Crippen LogP contribution is -2.17. The molecule has 1 atom stereocenters. The first kappa shape index (κ1) is 12.8. The number of nitrogens with two attached hydrogens (primary N) is 1. The molecule has 3 heteroatoms. The summed E-state index contributed by atoms with van der Waals surface area (Å²) in [6, 6.07) is 6.19. The van der Waals surface area contributed by atoms with Crippen LogP contribution >= 0.6 is 0 Å². The predicted molar refractivity (Wildman–Crippen MR) is 72.5 cm³/mol. The highest BCUT2D eigenvalue weighted by atomic mass is 32.2. The molecule has 0 aromatic heterocycles. The molecule has 1 aliphatic rings. The molecule has 0 saturated heterocycles. The van der Waals surface area contributed by atoms with E-state index in [4.69, 9.17) is 5.73 Å². The molecule has 2 N–H and O–H groups in total. The van der Waals surface area contributed by atoms with Crippen LogP contribution in [-0.2, 0) is 10.8 Å². The van der Waals surface area contributed by atoms with E-state index in [1.165, 1.54) is 18.4 Å². The molecule has 0 heterocycles. The normalized spacial score (nSPS) is 19.0. The zero-order chi connectivity index (χ0) is 12.5. The van der Waals surface area contributed by atoms with Gasteiger partial charge in [-0.25, -0.2) is 0 Å². The first-order chi connectivity index (χ1) is 8.06. The van der Waals surface area contributed by atoms with Crippen molar-refractivity contribution in [1.82, 2.24) is 0 Å². The van der Waals surface area contributed by atoms with Gasteiger partial charge in [0, 0.05) is 10.6 Å². The van der Waals surface area contributed by atoms with Gasteiger partial charge in [-0.3, -0.25) is 4.21 Å². The average Bonchev–Trinajstić information content (AvgIpc) is 3.02. The molecule has 0 spiro atoms. The van der Waals surface area contributed by atoms with Gasteiger partial charge >= 0.3 is 0 Å². The maximum atomic E-state index is 12.4. The lowest BCUT2D eigenvalue weighted by Gasteiger charge is -2.14. The summed E-state index contributed by atoms with van der Waals surface area (Å²) in [5, 5.41) is 0.